The molecular weight excluding hydrogens is 380 g/mol. The van der Waals surface area contributed by atoms with Crippen LogP contribution in [0.15, 0.2) is 29.2 Å². The van der Waals surface area contributed by atoms with Crippen molar-refractivity contribution in [2.24, 2.45) is 0 Å². The third-order valence-corrected chi connectivity index (χ3v) is 6.15. The van der Waals surface area contributed by atoms with Crippen molar-refractivity contribution in [2.75, 3.05) is 19.4 Å². The second kappa shape index (κ2) is 8.80. The maximum atomic E-state index is 12.3. The van der Waals surface area contributed by atoms with E-state index in [1.54, 1.807) is 25.7 Å². The number of nitrogens with two attached hydrogens (primary N) is 1. The minimum Gasteiger partial charge on any atom is -0.462 e. The smallest absolute Gasteiger partial charge is 0.341 e. The normalized spacial score (nSPS) is 11.3. The van der Waals surface area contributed by atoms with Crippen LogP contribution in [0, 0.1) is 0 Å². The lowest BCUT2D eigenvalue weighted by Crippen LogP contribution is -2.18. The Morgan fingerprint density at radius 3 is 2.37 bits per heavy atom. The van der Waals surface area contributed by atoms with E-state index < -0.39 is 5.97 Å². The predicted molar refractivity (Wildman–Crippen MR) is 113 cm³/mol. The van der Waals surface area contributed by atoms with Crippen LogP contribution in [0.2, 0.25) is 0 Å². The lowest BCUT2D eigenvalue weighted by atomic mass is 9.87. The lowest BCUT2D eigenvalue weighted by molar-refractivity contribution is 0.0527. The van der Waals surface area contributed by atoms with Crippen LogP contribution in [0.5, 0.6) is 0 Å². The van der Waals surface area contributed by atoms with E-state index in [0.29, 0.717) is 26.8 Å². The number of esters is 1. The third kappa shape index (κ3) is 5.05. The number of nitrogens with one attached hydrogen (secondary N) is 1. The highest BCUT2D eigenvalue weighted by Gasteiger charge is 2.26. The van der Waals surface area contributed by atoms with E-state index in [9.17, 15) is 9.59 Å². The van der Waals surface area contributed by atoms with Gasteiger partial charge in [0.2, 0.25) is 0 Å². The van der Waals surface area contributed by atoms with Crippen molar-refractivity contribution >= 4 is 40.0 Å². The number of rotatable bonds is 6. The molecule has 0 saturated carbocycles. The number of anilines is 1. The van der Waals surface area contributed by atoms with Gasteiger partial charge >= 0.3 is 5.97 Å². The summed E-state index contributed by atoms with van der Waals surface area (Å²) >= 11 is 2.68. The Morgan fingerprint density at radius 1 is 1.22 bits per heavy atom. The molecule has 0 bridgehead atoms. The average Bonchev–Trinajstić information content (AvgIpc) is 2.95. The van der Waals surface area contributed by atoms with E-state index in [2.05, 4.69) is 50.4 Å². The van der Waals surface area contributed by atoms with Gasteiger partial charge in [0.15, 0.2) is 0 Å². The van der Waals surface area contributed by atoms with E-state index >= 15 is 0 Å². The maximum absolute atomic E-state index is 12.3. The molecule has 27 heavy (non-hydrogen) atoms. The molecule has 1 heterocycles. The van der Waals surface area contributed by atoms with Crippen molar-refractivity contribution in [1.29, 1.82) is 0 Å². The Balaban J connectivity index is 2.30. The van der Waals surface area contributed by atoms with E-state index in [1.165, 1.54) is 5.56 Å². The molecule has 0 atom stereocenters. The van der Waals surface area contributed by atoms with Crippen LogP contribution in [-0.4, -0.2) is 25.5 Å². The van der Waals surface area contributed by atoms with Gasteiger partial charge in [0, 0.05) is 23.3 Å². The van der Waals surface area contributed by atoms with Gasteiger partial charge in [-0.05, 0) is 30.0 Å². The van der Waals surface area contributed by atoms with Gasteiger partial charge in [-0.25, -0.2) is 4.79 Å². The van der Waals surface area contributed by atoms with Crippen LogP contribution < -0.4 is 11.1 Å². The first kappa shape index (κ1) is 21.3. The fraction of sp³-hybridized carbons (Fsp3) is 0.400. The molecule has 7 heteroatoms. The Hall–Kier alpha value is -1.99. The minimum atomic E-state index is -0.486. The van der Waals surface area contributed by atoms with Crippen LogP contribution in [0.3, 0.4) is 0 Å². The number of hydrogen-bond donors (Lipinski definition) is 2. The zero-order chi connectivity index (χ0) is 20.2. The number of benzene rings is 1. The van der Waals surface area contributed by atoms with Crippen LogP contribution in [0.1, 0.15) is 58.9 Å². The molecule has 0 aliphatic rings. The first-order chi connectivity index (χ1) is 12.7. The number of ether oxygens (including phenoxy) is 1. The Bertz CT molecular complexity index is 821. The first-order valence-corrected chi connectivity index (χ1v) is 10.5. The Labute approximate surface area is 168 Å². The summed E-state index contributed by atoms with van der Waals surface area (Å²) < 4.78 is 5.13. The standard InChI is InChI=1S/C20H26N2O3S2/c1-6-25-19(24)15-14(16(18(23)22-5)27-17(15)21)11-26-13-9-7-12(8-10-13)20(2,3)4/h7-10H,6,11,21H2,1-5H3,(H,22,23). The molecule has 0 spiro atoms. The van der Waals surface area contributed by atoms with Gasteiger partial charge < -0.3 is 15.8 Å². The number of hydrogen-bond acceptors (Lipinski definition) is 6. The molecule has 0 aliphatic heterocycles. The van der Waals surface area contributed by atoms with Gasteiger partial charge in [-0.15, -0.1) is 23.1 Å². The summed E-state index contributed by atoms with van der Waals surface area (Å²) in [5.41, 5.74) is 8.31. The summed E-state index contributed by atoms with van der Waals surface area (Å²) in [6.45, 7) is 8.51. The van der Waals surface area contributed by atoms with Gasteiger partial charge in [0.25, 0.3) is 5.91 Å². The largest absolute Gasteiger partial charge is 0.462 e. The van der Waals surface area contributed by atoms with Crippen molar-refractivity contribution in [2.45, 2.75) is 43.8 Å². The number of carbonyl (C=O) groups is 2. The summed E-state index contributed by atoms with van der Waals surface area (Å²) in [6, 6.07) is 8.33. The summed E-state index contributed by atoms with van der Waals surface area (Å²) in [5.74, 6) is -0.277. The van der Waals surface area contributed by atoms with E-state index in [1.807, 2.05) is 0 Å². The Morgan fingerprint density at radius 2 is 1.85 bits per heavy atom. The molecule has 5 nitrogen and oxygen atoms in total. The van der Waals surface area contributed by atoms with Crippen molar-refractivity contribution in [3.63, 3.8) is 0 Å². The SMILES string of the molecule is CCOC(=O)c1c(N)sc(C(=O)NC)c1CSc1ccc(C(C)(C)C)cc1. The number of amides is 1. The second-order valence-corrected chi connectivity index (χ2v) is 9.11. The molecular formula is C20H26N2O3S2. The van der Waals surface area contributed by atoms with Gasteiger partial charge in [-0.2, -0.15) is 0 Å². The predicted octanol–water partition coefficient (Wildman–Crippen LogP) is 4.46. The van der Waals surface area contributed by atoms with Gasteiger partial charge in [-0.3, -0.25) is 4.79 Å². The Kier molecular flexibility index (Phi) is 6.95. The van der Waals surface area contributed by atoms with Gasteiger partial charge in [0.05, 0.1) is 17.0 Å². The summed E-state index contributed by atoms with van der Waals surface area (Å²) in [5, 5.41) is 2.92. The maximum Gasteiger partial charge on any atom is 0.341 e. The molecule has 2 rings (SSSR count). The van der Waals surface area contributed by atoms with Crippen molar-refractivity contribution in [3.05, 3.63) is 45.8 Å². The highest BCUT2D eigenvalue weighted by atomic mass is 32.2. The van der Waals surface area contributed by atoms with Crippen LogP contribution in [0.4, 0.5) is 5.00 Å². The van der Waals surface area contributed by atoms with E-state index in [0.717, 1.165) is 16.2 Å². The molecule has 0 unspecified atom stereocenters. The van der Waals surface area contributed by atoms with Crippen molar-refractivity contribution in [3.8, 4) is 0 Å². The molecule has 0 fully saturated rings. The highest BCUT2D eigenvalue weighted by Crippen LogP contribution is 2.36. The van der Waals surface area contributed by atoms with Gasteiger partial charge in [0.1, 0.15) is 5.00 Å². The highest BCUT2D eigenvalue weighted by molar-refractivity contribution is 7.98. The summed E-state index contributed by atoms with van der Waals surface area (Å²) in [7, 11) is 1.56. The molecule has 3 N–H and O–H groups in total. The molecule has 1 amide bonds. The monoisotopic (exact) mass is 406 g/mol. The fourth-order valence-electron chi connectivity index (χ4n) is 2.55. The summed E-state index contributed by atoms with van der Waals surface area (Å²) in [6.07, 6.45) is 0. The second-order valence-electron chi connectivity index (χ2n) is 7.01. The molecule has 1 aromatic carbocycles. The van der Waals surface area contributed by atoms with E-state index in [4.69, 9.17) is 10.5 Å². The molecule has 0 saturated heterocycles. The zero-order valence-electron chi connectivity index (χ0n) is 16.3. The van der Waals surface area contributed by atoms with Crippen molar-refractivity contribution in [1.82, 2.24) is 5.32 Å². The number of thioether (sulfide) groups is 1. The first-order valence-electron chi connectivity index (χ1n) is 8.72. The van der Waals surface area contributed by atoms with Crippen LogP contribution in [0.25, 0.3) is 0 Å². The van der Waals surface area contributed by atoms with Gasteiger partial charge in [-0.1, -0.05) is 32.9 Å². The van der Waals surface area contributed by atoms with E-state index in [-0.39, 0.29) is 17.9 Å². The van der Waals surface area contributed by atoms with Crippen LogP contribution >= 0.6 is 23.1 Å². The zero-order valence-corrected chi connectivity index (χ0v) is 18.0. The topological polar surface area (TPSA) is 81.4 Å². The number of nitrogen functional groups attached to an aromatic ring is 1. The minimum absolute atomic E-state index is 0.0917. The summed E-state index contributed by atoms with van der Waals surface area (Å²) in [4.78, 5) is 26.1. The lowest BCUT2D eigenvalue weighted by Gasteiger charge is -2.19. The molecule has 0 aliphatic carbocycles. The quantitative estimate of drug-likeness (QED) is 0.547. The number of carbonyl (C=O) groups excluding carboxylic acids is 2. The third-order valence-electron chi connectivity index (χ3n) is 4.05. The molecule has 0 radical (unpaired) electrons. The van der Waals surface area contributed by atoms with Crippen LogP contribution in [-0.2, 0) is 15.9 Å². The molecule has 146 valence electrons. The fourth-order valence-corrected chi connectivity index (χ4v) is 4.59. The van der Waals surface area contributed by atoms with Crippen molar-refractivity contribution < 1.29 is 14.3 Å². The molecule has 1 aromatic heterocycles. The number of thiophene rings is 1. The average molecular weight is 407 g/mol. The molecule has 2 aromatic rings.